The number of methoxy groups -OCH3 is 1. The lowest BCUT2D eigenvalue weighted by Gasteiger charge is -2.31. The number of aromatic nitrogens is 2. The van der Waals surface area contributed by atoms with Gasteiger partial charge in [0, 0.05) is 25.8 Å². The fourth-order valence-corrected chi connectivity index (χ4v) is 2.73. The highest BCUT2D eigenvalue weighted by Crippen LogP contribution is 2.14. The molecule has 1 saturated heterocycles. The number of hydrogen-bond acceptors (Lipinski definition) is 5. The van der Waals surface area contributed by atoms with Gasteiger partial charge in [-0.2, -0.15) is 5.10 Å². The largest absolute Gasteiger partial charge is 0.469 e. The van der Waals surface area contributed by atoms with E-state index in [-0.39, 0.29) is 24.3 Å². The molecule has 7 heteroatoms. The van der Waals surface area contributed by atoms with E-state index >= 15 is 0 Å². The fourth-order valence-electron chi connectivity index (χ4n) is 2.73. The van der Waals surface area contributed by atoms with E-state index in [4.69, 9.17) is 4.74 Å². The Morgan fingerprint density at radius 2 is 2.17 bits per heavy atom. The molecule has 24 heavy (non-hydrogen) atoms. The van der Waals surface area contributed by atoms with E-state index in [0.29, 0.717) is 19.7 Å². The second kappa shape index (κ2) is 7.55. The quantitative estimate of drug-likeness (QED) is 0.781. The van der Waals surface area contributed by atoms with Gasteiger partial charge in [-0.05, 0) is 30.3 Å². The average molecular weight is 333 g/mol. The van der Waals surface area contributed by atoms with Gasteiger partial charge in [0.25, 0.3) is 0 Å². The number of ether oxygens (including phenoxy) is 2. The Kier molecular flexibility index (Phi) is 5.22. The molecule has 1 fully saturated rings. The van der Waals surface area contributed by atoms with E-state index in [1.807, 2.05) is 12.3 Å². The third-order valence-electron chi connectivity index (χ3n) is 3.97. The summed E-state index contributed by atoms with van der Waals surface area (Å²) in [5.74, 6) is -0.529. The molecule has 6 nitrogen and oxygen atoms in total. The summed E-state index contributed by atoms with van der Waals surface area (Å²) in [4.78, 5) is 13.6. The lowest BCUT2D eigenvalue weighted by atomic mass is 10.2. The molecule has 1 atom stereocenters. The van der Waals surface area contributed by atoms with Crippen LogP contribution in [0.3, 0.4) is 0 Å². The molecule has 0 amide bonds. The fraction of sp³-hybridized carbons (Fsp3) is 0.412. The second-order valence-corrected chi connectivity index (χ2v) is 5.74. The van der Waals surface area contributed by atoms with Crippen molar-refractivity contribution in [2.75, 3.05) is 26.8 Å². The first kappa shape index (κ1) is 16.6. The number of carbonyl (C=O) groups is 1. The van der Waals surface area contributed by atoms with Crippen molar-refractivity contribution in [1.29, 1.82) is 0 Å². The molecule has 0 spiro atoms. The zero-order chi connectivity index (χ0) is 16.9. The number of morpholine rings is 1. The van der Waals surface area contributed by atoms with Gasteiger partial charge in [0.2, 0.25) is 0 Å². The van der Waals surface area contributed by atoms with E-state index in [2.05, 4.69) is 14.7 Å². The number of carbonyl (C=O) groups excluding carboxylic acids is 1. The topological polar surface area (TPSA) is 56.6 Å². The van der Waals surface area contributed by atoms with Gasteiger partial charge in [-0.15, -0.1) is 0 Å². The van der Waals surface area contributed by atoms with Crippen LogP contribution in [-0.2, 0) is 20.8 Å². The summed E-state index contributed by atoms with van der Waals surface area (Å²) in [6.45, 7) is 2.72. The molecule has 2 aromatic rings. The van der Waals surface area contributed by atoms with Crippen LogP contribution >= 0.6 is 0 Å². The summed E-state index contributed by atoms with van der Waals surface area (Å²) in [5.41, 5.74) is 1.73. The van der Waals surface area contributed by atoms with Crippen LogP contribution in [0.5, 0.6) is 0 Å². The van der Waals surface area contributed by atoms with Crippen LogP contribution in [0.15, 0.2) is 36.5 Å². The first-order valence-electron chi connectivity index (χ1n) is 7.85. The second-order valence-electron chi connectivity index (χ2n) is 5.74. The number of esters is 1. The molecule has 2 heterocycles. The predicted molar refractivity (Wildman–Crippen MR) is 85.2 cm³/mol. The van der Waals surface area contributed by atoms with Crippen molar-refractivity contribution >= 4 is 5.97 Å². The van der Waals surface area contributed by atoms with Gasteiger partial charge in [-0.1, -0.05) is 0 Å². The third-order valence-corrected chi connectivity index (χ3v) is 3.97. The third kappa shape index (κ3) is 4.18. The molecule has 1 aliphatic heterocycles. The molecular weight excluding hydrogens is 313 g/mol. The number of rotatable bonds is 5. The Morgan fingerprint density at radius 3 is 2.92 bits per heavy atom. The lowest BCUT2D eigenvalue weighted by molar-refractivity contribution is -0.145. The molecule has 0 N–H and O–H groups in total. The highest BCUT2D eigenvalue weighted by molar-refractivity contribution is 5.69. The standard InChI is InChI=1S/C17H20FN3O3/c1-23-17(22)10-16-12-20(8-9-24-16)11-14-6-7-21(19-14)15-4-2-13(18)3-5-15/h2-7,16H,8-12H2,1H3/t16-/m1/s1. The number of halogens is 1. The molecular formula is C17H20FN3O3. The van der Waals surface area contributed by atoms with Gasteiger partial charge in [0.05, 0.1) is 37.6 Å². The Balaban J connectivity index is 1.60. The van der Waals surface area contributed by atoms with Crippen LogP contribution in [0, 0.1) is 5.82 Å². The monoisotopic (exact) mass is 333 g/mol. The SMILES string of the molecule is COC(=O)C[C@@H]1CN(Cc2ccn(-c3ccc(F)cc3)n2)CCO1. The summed E-state index contributed by atoms with van der Waals surface area (Å²) in [7, 11) is 1.38. The van der Waals surface area contributed by atoms with Crippen molar-refractivity contribution in [3.8, 4) is 5.69 Å². The molecule has 1 aliphatic rings. The van der Waals surface area contributed by atoms with Crippen LogP contribution in [0.1, 0.15) is 12.1 Å². The lowest BCUT2D eigenvalue weighted by Crippen LogP contribution is -2.43. The predicted octanol–water partition coefficient (Wildman–Crippen LogP) is 1.78. The van der Waals surface area contributed by atoms with E-state index < -0.39 is 0 Å². The summed E-state index contributed by atoms with van der Waals surface area (Å²) in [6.07, 6.45) is 1.97. The van der Waals surface area contributed by atoms with E-state index in [9.17, 15) is 9.18 Å². The minimum Gasteiger partial charge on any atom is -0.469 e. The molecule has 0 radical (unpaired) electrons. The molecule has 0 bridgehead atoms. The highest BCUT2D eigenvalue weighted by Gasteiger charge is 2.23. The van der Waals surface area contributed by atoms with Crippen LogP contribution < -0.4 is 0 Å². The van der Waals surface area contributed by atoms with Crippen LogP contribution in [0.25, 0.3) is 5.69 Å². The summed E-state index contributed by atoms with van der Waals surface area (Å²) < 4.78 is 25.0. The maximum absolute atomic E-state index is 13.0. The van der Waals surface area contributed by atoms with Crippen LogP contribution in [0.2, 0.25) is 0 Å². The maximum Gasteiger partial charge on any atom is 0.308 e. The molecule has 128 valence electrons. The average Bonchev–Trinajstić information content (AvgIpc) is 3.04. The summed E-state index contributed by atoms with van der Waals surface area (Å²) in [5, 5.41) is 4.53. The minimum absolute atomic E-state index is 0.148. The van der Waals surface area contributed by atoms with Crippen molar-refractivity contribution in [1.82, 2.24) is 14.7 Å². The van der Waals surface area contributed by atoms with Crippen molar-refractivity contribution in [3.63, 3.8) is 0 Å². The number of hydrogen-bond donors (Lipinski definition) is 0. The zero-order valence-corrected chi connectivity index (χ0v) is 13.5. The van der Waals surface area contributed by atoms with E-state index in [0.717, 1.165) is 17.9 Å². The van der Waals surface area contributed by atoms with Gasteiger partial charge < -0.3 is 9.47 Å². The Labute approximate surface area is 139 Å². The first-order chi connectivity index (χ1) is 11.6. The minimum atomic E-state index is -0.268. The first-order valence-corrected chi connectivity index (χ1v) is 7.85. The maximum atomic E-state index is 13.0. The summed E-state index contributed by atoms with van der Waals surface area (Å²) >= 11 is 0. The normalized spacial score (nSPS) is 18.5. The number of benzene rings is 1. The molecule has 0 unspecified atom stereocenters. The Hall–Kier alpha value is -2.25. The smallest absolute Gasteiger partial charge is 0.308 e. The summed E-state index contributed by atoms with van der Waals surface area (Å²) in [6, 6.07) is 8.14. The van der Waals surface area contributed by atoms with Crippen molar-refractivity contribution in [2.45, 2.75) is 19.1 Å². The van der Waals surface area contributed by atoms with Crippen LogP contribution in [0.4, 0.5) is 4.39 Å². The van der Waals surface area contributed by atoms with Gasteiger partial charge in [0.15, 0.2) is 0 Å². The van der Waals surface area contributed by atoms with Crippen molar-refractivity contribution < 1.29 is 18.7 Å². The molecule has 0 saturated carbocycles. The molecule has 0 aliphatic carbocycles. The molecule has 3 rings (SSSR count). The van der Waals surface area contributed by atoms with E-state index in [1.54, 1.807) is 16.8 Å². The highest BCUT2D eigenvalue weighted by atomic mass is 19.1. The van der Waals surface area contributed by atoms with Crippen molar-refractivity contribution in [3.05, 3.63) is 48.0 Å². The van der Waals surface area contributed by atoms with Gasteiger partial charge in [-0.3, -0.25) is 9.69 Å². The van der Waals surface area contributed by atoms with Crippen LogP contribution in [-0.4, -0.2) is 53.6 Å². The van der Waals surface area contributed by atoms with Gasteiger partial charge >= 0.3 is 5.97 Å². The molecule has 1 aromatic carbocycles. The molecule has 1 aromatic heterocycles. The van der Waals surface area contributed by atoms with Gasteiger partial charge in [-0.25, -0.2) is 9.07 Å². The van der Waals surface area contributed by atoms with Gasteiger partial charge in [0.1, 0.15) is 5.82 Å². The van der Waals surface area contributed by atoms with Crippen molar-refractivity contribution in [2.24, 2.45) is 0 Å². The zero-order valence-electron chi connectivity index (χ0n) is 13.5. The van der Waals surface area contributed by atoms with E-state index in [1.165, 1.54) is 19.2 Å². The number of nitrogens with zero attached hydrogens (tertiary/aromatic N) is 3. The Morgan fingerprint density at radius 1 is 1.38 bits per heavy atom. The Bertz CT molecular complexity index is 687.